The SMILES string of the molecule is Cc1cccc(OCC(=O)N2CCN(c3cc(-n4ccc(C)n4)ncn3)CC2)c1. The van der Waals surface area contributed by atoms with Gasteiger partial charge in [-0.2, -0.15) is 5.10 Å². The van der Waals surface area contributed by atoms with Gasteiger partial charge in [0.1, 0.15) is 17.9 Å². The second-order valence-corrected chi connectivity index (χ2v) is 7.11. The minimum atomic E-state index is 0.00143. The molecule has 0 unspecified atom stereocenters. The molecule has 29 heavy (non-hydrogen) atoms. The molecule has 1 aromatic carbocycles. The molecule has 1 fully saturated rings. The zero-order valence-electron chi connectivity index (χ0n) is 16.7. The molecule has 1 aliphatic heterocycles. The van der Waals surface area contributed by atoms with Crippen LogP contribution in [0.4, 0.5) is 5.82 Å². The van der Waals surface area contributed by atoms with E-state index < -0.39 is 0 Å². The number of carbonyl (C=O) groups is 1. The molecule has 3 aromatic rings. The van der Waals surface area contributed by atoms with Crippen LogP contribution in [0, 0.1) is 13.8 Å². The van der Waals surface area contributed by atoms with E-state index in [9.17, 15) is 4.79 Å². The van der Waals surface area contributed by atoms with Gasteiger partial charge in [0.25, 0.3) is 5.91 Å². The van der Waals surface area contributed by atoms with Crippen molar-refractivity contribution in [1.29, 1.82) is 0 Å². The van der Waals surface area contributed by atoms with Crippen LogP contribution in [-0.4, -0.2) is 63.3 Å². The summed E-state index contributed by atoms with van der Waals surface area (Å²) in [6.07, 6.45) is 3.43. The molecule has 0 atom stereocenters. The lowest BCUT2D eigenvalue weighted by Crippen LogP contribution is -2.50. The molecule has 0 N–H and O–H groups in total. The number of nitrogens with zero attached hydrogens (tertiary/aromatic N) is 6. The van der Waals surface area contributed by atoms with Crippen LogP contribution < -0.4 is 9.64 Å². The van der Waals surface area contributed by atoms with Crippen molar-refractivity contribution in [3.05, 3.63) is 60.2 Å². The Morgan fingerprint density at radius 2 is 1.83 bits per heavy atom. The molecule has 2 aromatic heterocycles. The summed E-state index contributed by atoms with van der Waals surface area (Å²) in [6.45, 7) is 6.69. The Hall–Kier alpha value is -3.42. The molecule has 1 amide bonds. The van der Waals surface area contributed by atoms with Crippen LogP contribution in [-0.2, 0) is 4.79 Å². The number of aryl methyl sites for hydroxylation is 2. The minimum absolute atomic E-state index is 0.00143. The zero-order valence-corrected chi connectivity index (χ0v) is 16.7. The van der Waals surface area contributed by atoms with E-state index in [1.165, 1.54) is 0 Å². The third-order valence-corrected chi connectivity index (χ3v) is 4.90. The van der Waals surface area contributed by atoms with Gasteiger partial charge in [-0.25, -0.2) is 14.6 Å². The van der Waals surface area contributed by atoms with Crippen LogP contribution in [0.25, 0.3) is 5.82 Å². The molecule has 3 heterocycles. The Labute approximate surface area is 169 Å². The van der Waals surface area contributed by atoms with Gasteiger partial charge >= 0.3 is 0 Å². The first kappa shape index (κ1) is 18.9. The van der Waals surface area contributed by atoms with E-state index in [2.05, 4.69) is 20.0 Å². The van der Waals surface area contributed by atoms with Crippen LogP contribution in [0.15, 0.2) is 48.9 Å². The maximum atomic E-state index is 12.5. The second-order valence-electron chi connectivity index (χ2n) is 7.11. The van der Waals surface area contributed by atoms with Gasteiger partial charge in [0.05, 0.1) is 5.69 Å². The number of rotatable bonds is 5. The second kappa shape index (κ2) is 8.30. The summed E-state index contributed by atoms with van der Waals surface area (Å²) in [4.78, 5) is 25.2. The third-order valence-electron chi connectivity index (χ3n) is 4.90. The fourth-order valence-corrected chi connectivity index (χ4v) is 3.30. The van der Waals surface area contributed by atoms with E-state index in [1.807, 2.05) is 61.3 Å². The van der Waals surface area contributed by atoms with Crippen molar-refractivity contribution in [3.8, 4) is 11.6 Å². The third kappa shape index (κ3) is 4.53. The molecule has 8 heteroatoms. The molecule has 0 spiro atoms. The number of amides is 1. The van der Waals surface area contributed by atoms with Crippen molar-refractivity contribution in [2.45, 2.75) is 13.8 Å². The summed E-state index contributed by atoms with van der Waals surface area (Å²) in [5.74, 6) is 2.29. The zero-order chi connectivity index (χ0) is 20.2. The van der Waals surface area contributed by atoms with E-state index in [1.54, 1.807) is 11.0 Å². The number of ether oxygens (including phenoxy) is 1. The van der Waals surface area contributed by atoms with Crippen molar-refractivity contribution in [2.24, 2.45) is 0 Å². The van der Waals surface area contributed by atoms with Crippen LogP contribution in [0.3, 0.4) is 0 Å². The lowest BCUT2D eigenvalue weighted by Gasteiger charge is -2.35. The Balaban J connectivity index is 1.33. The lowest BCUT2D eigenvalue weighted by molar-refractivity contribution is -0.133. The Morgan fingerprint density at radius 3 is 2.55 bits per heavy atom. The average molecular weight is 392 g/mol. The van der Waals surface area contributed by atoms with Crippen molar-refractivity contribution in [3.63, 3.8) is 0 Å². The molecular formula is C21H24N6O2. The molecular weight excluding hydrogens is 368 g/mol. The molecule has 0 aliphatic carbocycles. The quantitative estimate of drug-likeness (QED) is 0.661. The van der Waals surface area contributed by atoms with Gasteiger partial charge in [-0.05, 0) is 37.6 Å². The number of aromatic nitrogens is 4. The van der Waals surface area contributed by atoms with E-state index in [0.717, 1.165) is 28.6 Å². The summed E-state index contributed by atoms with van der Waals surface area (Å²) in [5, 5.41) is 4.39. The summed E-state index contributed by atoms with van der Waals surface area (Å²) in [6, 6.07) is 11.6. The normalized spacial score (nSPS) is 14.1. The van der Waals surface area contributed by atoms with Crippen molar-refractivity contribution in [2.75, 3.05) is 37.7 Å². The largest absolute Gasteiger partial charge is 0.484 e. The number of piperazine rings is 1. The lowest BCUT2D eigenvalue weighted by atomic mass is 10.2. The number of hydrogen-bond donors (Lipinski definition) is 0. The number of carbonyl (C=O) groups excluding carboxylic acids is 1. The van der Waals surface area contributed by atoms with Crippen molar-refractivity contribution in [1.82, 2.24) is 24.6 Å². The number of benzene rings is 1. The van der Waals surface area contributed by atoms with E-state index in [0.29, 0.717) is 26.2 Å². The highest BCUT2D eigenvalue weighted by Gasteiger charge is 2.22. The first-order valence-corrected chi connectivity index (χ1v) is 9.65. The summed E-state index contributed by atoms with van der Waals surface area (Å²) in [5.41, 5.74) is 2.04. The highest BCUT2D eigenvalue weighted by molar-refractivity contribution is 5.78. The van der Waals surface area contributed by atoms with Crippen LogP contribution in [0.5, 0.6) is 5.75 Å². The maximum absolute atomic E-state index is 12.5. The summed E-state index contributed by atoms with van der Waals surface area (Å²) >= 11 is 0. The van der Waals surface area contributed by atoms with E-state index >= 15 is 0 Å². The highest BCUT2D eigenvalue weighted by Crippen LogP contribution is 2.17. The van der Waals surface area contributed by atoms with Crippen molar-refractivity contribution >= 4 is 11.7 Å². The Morgan fingerprint density at radius 1 is 1.03 bits per heavy atom. The fourth-order valence-electron chi connectivity index (χ4n) is 3.30. The molecule has 0 saturated carbocycles. The predicted molar refractivity (Wildman–Crippen MR) is 109 cm³/mol. The van der Waals surface area contributed by atoms with Crippen LogP contribution in [0.1, 0.15) is 11.3 Å². The highest BCUT2D eigenvalue weighted by atomic mass is 16.5. The predicted octanol–water partition coefficient (Wildman–Crippen LogP) is 2.01. The molecule has 1 saturated heterocycles. The van der Waals surface area contributed by atoms with Gasteiger partial charge in [-0.1, -0.05) is 12.1 Å². The van der Waals surface area contributed by atoms with Gasteiger partial charge < -0.3 is 14.5 Å². The average Bonchev–Trinajstić information content (AvgIpc) is 3.19. The van der Waals surface area contributed by atoms with Crippen LogP contribution in [0.2, 0.25) is 0 Å². The Kier molecular flexibility index (Phi) is 5.41. The Bertz CT molecular complexity index is 994. The smallest absolute Gasteiger partial charge is 0.260 e. The number of anilines is 1. The summed E-state index contributed by atoms with van der Waals surface area (Å²) < 4.78 is 7.38. The maximum Gasteiger partial charge on any atom is 0.260 e. The van der Waals surface area contributed by atoms with Crippen LogP contribution >= 0.6 is 0 Å². The molecule has 1 aliphatic rings. The standard InChI is InChI=1S/C21H24N6O2/c1-16-4-3-5-18(12-16)29-14-21(28)26-10-8-25(9-11-26)19-13-20(23-15-22-19)27-7-6-17(2)24-27/h3-7,12-13,15H,8-11,14H2,1-2H3. The van der Waals surface area contributed by atoms with Gasteiger partial charge in [0.2, 0.25) is 0 Å². The van der Waals surface area contributed by atoms with E-state index in [-0.39, 0.29) is 12.5 Å². The fraction of sp³-hybridized carbons (Fsp3) is 0.333. The monoisotopic (exact) mass is 392 g/mol. The topological polar surface area (TPSA) is 76.4 Å². The molecule has 0 bridgehead atoms. The molecule has 0 radical (unpaired) electrons. The van der Waals surface area contributed by atoms with Gasteiger partial charge in [0, 0.05) is 38.4 Å². The van der Waals surface area contributed by atoms with Gasteiger partial charge in [-0.3, -0.25) is 4.79 Å². The molecule has 8 nitrogen and oxygen atoms in total. The van der Waals surface area contributed by atoms with E-state index in [4.69, 9.17) is 4.74 Å². The first-order chi connectivity index (χ1) is 14.1. The molecule has 150 valence electrons. The van der Waals surface area contributed by atoms with Gasteiger partial charge in [0.15, 0.2) is 12.4 Å². The minimum Gasteiger partial charge on any atom is -0.484 e. The van der Waals surface area contributed by atoms with Gasteiger partial charge in [-0.15, -0.1) is 0 Å². The molecule has 4 rings (SSSR count). The number of hydrogen-bond acceptors (Lipinski definition) is 6. The first-order valence-electron chi connectivity index (χ1n) is 9.65. The summed E-state index contributed by atoms with van der Waals surface area (Å²) in [7, 11) is 0. The van der Waals surface area contributed by atoms with Crippen molar-refractivity contribution < 1.29 is 9.53 Å².